The van der Waals surface area contributed by atoms with Gasteiger partial charge in [0.2, 0.25) is 5.89 Å². The van der Waals surface area contributed by atoms with E-state index in [1.807, 2.05) is 23.1 Å². The summed E-state index contributed by atoms with van der Waals surface area (Å²) in [4.78, 5) is 23.7. The van der Waals surface area contributed by atoms with E-state index in [0.29, 0.717) is 24.7 Å². The molecule has 2 aliphatic rings. The van der Waals surface area contributed by atoms with Gasteiger partial charge in [-0.2, -0.15) is 0 Å². The number of rotatable bonds is 10. The highest BCUT2D eigenvalue weighted by atomic mass is 16.5. The third-order valence-corrected chi connectivity index (χ3v) is 6.24. The number of benzene rings is 1. The van der Waals surface area contributed by atoms with E-state index in [9.17, 15) is 4.79 Å². The first-order chi connectivity index (χ1) is 16.2. The number of carbonyl (C=O) groups excluding carboxylic acids is 1. The predicted molar refractivity (Wildman–Crippen MR) is 123 cm³/mol. The molecule has 3 heterocycles. The number of likely N-dealkylation sites (tertiary alicyclic amines) is 1. The molecule has 0 N–H and O–H groups in total. The molecule has 2 aromatic rings. The molecule has 1 aromatic heterocycles. The second kappa shape index (κ2) is 11.5. The predicted octanol–water partition coefficient (Wildman–Crippen LogP) is 2.26. The summed E-state index contributed by atoms with van der Waals surface area (Å²) in [5, 5.41) is 0. The number of carbonyl (C=O) groups is 1. The summed E-state index contributed by atoms with van der Waals surface area (Å²) in [5.74, 6) is 2.09. The number of hydrogen-bond acceptors (Lipinski definition) is 8. The molecule has 2 saturated heterocycles. The van der Waals surface area contributed by atoms with Crippen LogP contribution in [0.15, 0.2) is 28.9 Å². The van der Waals surface area contributed by atoms with Crippen molar-refractivity contribution in [2.75, 3.05) is 66.7 Å². The standard InChI is InChI=1S/C24H34N4O5/c1-30-20-5-6-22(31-2)19(15-20)16-27(10-9-26-11-13-32-14-12-26)17-23-25-21(18-33-23)24(29)28-7-3-4-8-28/h5-6,15,18H,3-4,7-14,16-17H2,1-2H3. The molecule has 0 bridgehead atoms. The van der Waals surface area contributed by atoms with Gasteiger partial charge >= 0.3 is 0 Å². The maximum atomic E-state index is 12.7. The van der Waals surface area contributed by atoms with Crippen LogP contribution in [0.3, 0.4) is 0 Å². The Kier molecular flexibility index (Phi) is 8.20. The van der Waals surface area contributed by atoms with Crippen LogP contribution < -0.4 is 9.47 Å². The Balaban J connectivity index is 1.47. The summed E-state index contributed by atoms with van der Waals surface area (Å²) in [6.07, 6.45) is 3.59. The first-order valence-electron chi connectivity index (χ1n) is 11.6. The first-order valence-corrected chi connectivity index (χ1v) is 11.6. The van der Waals surface area contributed by atoms with E-state index >= 15 is 0 Å². The third kappa shape index (κ3) is 6.25. The maximum Gasteiger partial charge on any atom is 0.275 e. The van der Waals surface area contributed by atoms with Gasteiger partial charge in [0.1, 0.15) is 17.8 Å². The maximum absolute atomic E-state index is 12.7. The quantitative estimate of drug-likeness (QED) is 0.536. The minimum Gasteiger partial charge on any atom is -0.497 e. The van der Waals surface area contributed by atoms with Crippen LogP contribution in [0.4, 0.5) is 0 Å². The number of hydrogen-bond donors (Lipinski definition) is 0. The molecule has 0 aliphatic carbocycles. The van der Waals surface area contributed by atoms with Crippen LogP contribution in [0.5, 0.6) is 11.5 Å². The molecule has 0 spiro atoms. The SMILES string of the molecule is COc1ccc(OC)c(CN(CCN2CCOCC2)Cc2nc(C(=O)N3CCCC3)co2)c1. The highest BCUT2D eigenvalue weighted by Gasteiger charge is 2.23. The molecule has 0 unspecified atom stereocenters. The fraction of sp³-hybridized carbons (Fsp3) is 0.583. The summed E-state index contributed by atoms with van der Waals surface area (Å²) in [5.41, 5.74) is 1.41. The number of amides is 1. The number of methoxy groups -OCH3 is 2. The van der Waals surface area contributed by atoms with Gasteiger partial charge in [0.25, 0.3) is 5.91 Å². The van der Waals surface area contributed by atoms with Gasteiger partial charge in [-0.3, -0.25) is 14.6 Å². The van der Waals surface area contributed by atoms with Crippen molar-refractivity contribution in [3.05, 3.63) is 41.6 Å². The topological polar surface area (TPSA) is 80.5 Å². The van der Waals surface area contributed by atoms with Gasteiger partial charge in [-0.05, 0) is 31.0 Å². The van der Waals surface area contributed by atoms with Gasteiger partial charge in [0.05, 0.1) is 34.0 Å². The number of morpholine rings is 1. The van der Waals surface area contributed by atoms with Crippen molar-refractivity contribution < 1.29 is 23.4 Å². The minimum atomic E-state index is -0.0446. The molecule has 0 saturated carbocycles. The molecule has 33 heavy (non-hydrogen) atoms. The fourth-order valence-electron chi connectivity index (χ4n) is 4.32. The summed E-state index contributed by atoms with van der Waals surface area (Å²) >= 11 is 0. The van der Waals surface area contributed by atoms with Gasteiger partial charge in [0, 0.05) is 51.4 Å². The van der Waals surface area contributed by atoms with E-state index in [-0.39, 0.29) is 5.91 Å². The second-order valence-corrected chi connectivity index (χ2v) is 8.47. The molecule has 180 valence electrons. The Labute approximate surface area is 195 Å². The Morgan fingerprint density at radius 3 is 2.61 bits per heavy atom. The summed E-state index contributed by atoms with van der Waals surface area (Å²) < 4.78 is 22.2. The first kappa shape index (κ1) is 23.5. The highest BCUT2D eigenvalue weighted by molar-refractivity contribution is 5.92. The van der Waals surface area contributed by atoms with Gasteiger partial charge in [-0.1, -0.05) is 0 Å². The van der Waals surface area contributed by atoms with E-state index < -0.39 is 0 Å². The monoisotopic (exact) mass is 458 g/mol. The molecule has 0 atom stereocenters. The Bertz CT molecular complexity index is 906. The van der Waals surface area contributed by atoms with E-state index in [2.05, 4.69) is 14.8 Å². The normalized spacial score (nSPS) is 17.0. The lowest BCUT2D eigenvalue weighted by molar-refractivity contribution is 0.0320. The zero-order chi connectivity index (χ0) is 23.0. The summed E-state index contributed by atoms with van der Waals surface area (Å²) in [6.45, 7) is 7.86. The Hall–Kier alpha value is -2.62. The molecule has 0 radical (unpaired) electrons. The van der Waals surface area contributed by atoms with Crippen molar-refractivity contribution >= 4 is 5.91 Å². The van der Waals surface area contributed by atoms with Crippen molar-refractivity contribution in [1.82, 2.24) is 19.7 Å². The van der Waals surface area contributed by atoms with Crippen LogP contribution >= 0.6 is 0 Å². The number of oxazole rings is 1. The van der Waals surface area contributed by atoms with Crippen LogP contribution in [0.2, 0.25) is 0 Å². The zero-order valence-electron chi connectivity index (χ0n) is 19.6. The lowest BCUT2D eigenvalue weighted by atomic mass is 10.1. The molecule has 9 heteroatoms. The van der Waals surface area contributed by atoms with Crippen molar-refractivity contribution in [3.8, 4) is 11.5 Å². The summed E-state index contributed by atoms with van der Waals surface area (Å²) in [6, 6.07) is 5.81. The highest BCUT2D eigenvalue weighted by Crippen LogP contribution is 2.26. The van der Waals surface area contributed by atoms with Crippen LogP contribution in [0.1, 0.15) is 34.8 Å². The van der Waals surface area contributed by atoms with Crippen LogP contribution in [0, 0.1) is 0 Å². The van der Waals surface area contributed by atoms with E-state index in [4.69, 9.17) is 18.6 Å². The average Bonchev–Trinajstić information content (AvgIpc) is 3.55. The Morgan fingerprint density at radius 2 is 1.88 bits per heavy atom. The van der Waals surface area contributed by atoms with E-state index in [1.165, 1.54) is 6.26 Å². The number of nitrogens with zero attached hydrogens (tertiary/aromatic N) is 4. The largest absolute Gasteiger partial charge is 0.497 e. The van der Waals surface area contributed by atoms with Crippen LogP contribution in [0.25, 0.3) is 0 Å². The molecule has 1 aromatic carbocycles. The molecule has 4 rings (SSSR count). The van der Waals surface area contributed by atoms with Gasteiger partial charge in [0.15, 0.2) is 5.69 Å². The van der Waals surface area contributed by atoms with Crippen molar-refractivity contribution in [3.63, 3.8) is 0 Å². The second-order valence-electron chi connectivity index (χ2n) is 8.47. The van der Waals surface area contributed by atoms with E-state index in [0.717, 1.165) is 82.4 Å². The Morgan fingerprint density at radius 1 is 1.09 bits per heavy atom. The molecular weight excluding hydrogens is 424 g/mol. The lowest BCUT2D eigenvalue weighted by Gasteiger charge is -2.30. The summed E-state index contributed by atoms with van der Waals surface area (Å²) in [7, 11) is 3.33. The zero-order valence-corrected chi connectivity index (χ0v) is 19.6. The molecule has 1 amide bonds. The molecule has 2 aliphatic heterocycles. The third-order valence-electron chi connectivity index (χ3n) is 6.24. The average molecular weight is 459 g/mol. The molecular formula is C24H34N4O5. The smallest absolute Gasteiger partial charge is 0.275 e. The van der Waals surface area contributed by atoms with Crippen LogP contribution in [-0.4, -0.2) is 92.3 Å². The number of ether oxygens (including phenoxy) is 3. The van der Waals surface area contributed by atoms with Gasteiger partial charge < -0.3 is 23.5 Å². The molecule has 9 nitrogen and oxygen atoms in total. The number of aromatic nitrogens is 1. The van der Waals surface area contributed by atoms with Crippen molar-refractivity contribution in [1.29, 1.82) is 0 Å². The van der Waals surface area contributed by atoms with Gasteiger partial charge in [-0.25, -0.2) is 4.98 Å². The fourth-order valence-corrected chi connectivity index (χ4v) is 4.32. The van der Waals surface area contributed by atoms with Crippen molar-refractivity contribution in [2.45, 2.75) is 25.9 Å². The van der Waals surface area contributed by atoms with Crippen LogP contribution in [-0.2, 0) is 17.8 Å². The molecule has 2 fully saturated rings. The van der Waals surface area contributed by atoms with Crippen molar-refractivity contribution in [2.24, 2.45) is 0 Å². The van der Waals surface area contributed by atoms with Gasteiger partial charge in [-0.15, -0.1) is 0 Å². The minimum absolute atomic E-state index is 0.0446. The lowest BCUT2D eigenvalue weighted by Crippen LogP contribution is -2.41. The van der Waals surface area contributed by atoms with E-state index in [1.54, 1.807) is 14.2 Å².